The molecule has 20 heavy (non-hydrogen) atoms. The first-order valence-corrected chi connectivity index (χ1v) is 10.1. The molecule has 0 bridgehead atoms. The number of nitrogens with zero attached hydrogens (tertiary/aromatic N) is 2. The molecule has 0 aliphatic heterocycles. The molecular formula is C17H35AlN2. The lowest BCUT2D eigenvalue weighted by Crippen LogP contribution is -2.49. The van der Waals surface area contributed by atoms with E-state index in [1.807, 2.05) is 0 Å². The van der Waals surface area contributed by atoms with Crippen molar-refractivity contribution in [3.63, 3.8) is 0 Å². The van der Waals surface area contributed by atoms with Gasteiger partial charge in [0.25, 0.3) is 0 Å². The van der Waals surface area contributed by atoms with Crippen LogP contribution in [0.1, 0.15) is 69.2 Å². The van der Waals surface area contributed by atoms with E-state index in [9.17, 15) is 0 Å². The zero-order valence-electron chi connectivity index (χ0n) is 15.5. The van der Waals surface area contributed by atoms with Gasteiger partial charge in [-0.25, -0.2) is 0 Å². The van der Waals surface area contributed by atoms with Crippen molar-refractivity contribution in [3.8, 4) is 0 Å². The van der Waals surface area contributed by atoms with Gasteiger partial charge in [0.2, 0.25) is 0 Å². The number of hydrogen-bond acceptors (Lipinski definition) is 2. The summed E-state index contributed by atoms with van der Waals surface area (Å²) in [6.45, 7) is 22.5. The van der Waals surface area contributed by atoms with Crippen LogP contribution in [0.15, 0.2) is 16.8 Å². The molecule has 0 atom stereocenters. The Morgan fingerprint density at radius 2 is 1.45 bits per heavy atom. The van der Waals surface area contributed by atoms with Crippen LogP contribution >= 0.6 is 0 Å². The highest BCUT2D eigenvalue weighted by Crippen LogP contribution is 2.24. The fourth-order valence-corrected chi connectivity index (χ4v) is 6.01. The van der Waals surface area contributed by atoms with Crippen LogP contribution in [0.4, 0.5) is 0 Å². The van der Waals surface area contributed by atoms with E-state index in [4.69, 9.17) is 4.99 Å². The summed E-state index contributed by atoms with van der Waals surface area (Å²) >= 11 is -0.892. The zero-order chi connectivity index (χ0) is 16.1. The Bertz CT molecular complexity index is 352. The predicted molar refractivity (Wildman–Crippen MR) is 94.9 cm³/mol. The maximum Gasteiger partial charge on any atom is 0.413 e. The maximum absolute atomic E-state index is 4.75. The van der Waals surface area contributed by atoms with Crippen LogP contribution in [0, 0.1) is 0 Å². The number of rotatable bonds is 5. The smallest absolute Gasteiger partial charge is 0.413 e. The van der Waals surface area contributed by atoms with Gasteiger partial charge in [-0.05, 0) is 67.2 Å². The maximum atomic E-state index is 4.75. The Hall–Kier alpha value is -0.258. The highest BCUT2D eigenvalue weighted by Gasteiger charge is 2.31. The molecule has 0 saturated carbocycles. The third-order valence-corrected chi connectivity index (χ3v) is 7.14. The summed E-state index contributed by atoms with van der Waals surface area (Å²) in [5.74, 6) is 0. The van der Waals surface area contributed by atoms with Gasteiger partial charge < -0.3 is 3.88 Å². The lowest BCUT2D eigenvalue weighted by atomic mass is 10.1. The molecule has 116 valence electrons. The van der Waals surface area contributed by atoms with E-state index in [1.54, 1.807) is 0 Å². The molecule has 0 unspecified atom stereocenters. The van der Waals surface area contributed by atoms with Crippen molar-refractivity contribution < 1.29 is 0 Å². The van der Waals surface area contributed by atoms with E-state index in [1.165, 1.54) is 16.3 Å². The lowest BCUT2D eigenvalue weighted by Gasteiger charge is -2.43. The second-order valence-corrected chi connectivity index (χ2v) is 11.2. The van der Waals surface area contributed by atoms with Gasteiger partial charge in [-0.1, -0.05) is 24.4 Å². The van der Waals surface area contributed by atoms with Gasteiger partial charge in [0.1, 0.15) is 0 Å². The van der Waals surface area contributed by atoms with Crippen LogP contribution in [-0.4, -0.2) is 35.0 Å². The average molecular weight is 294 g/mol. The Balaban J connectivity index is 5.45. The topological polar surface area (TPSA) is 15.6 Å². The highest BCUT2D eigenvalue weighted by molar-refractivity contribution is 6.56. The zero-order valence-corrected chi connectivity index (χ0v) is 16.6. The highest BCUT2D eigenvalue weighted by atomic mass is 27.2. The second-order valence-electron chi connectivity index (χ2n) is 7.72. The van der Waals surface area contributed by atoms with Crippen LogP contribution in [0.2, 0.25) is 10.6 Å². The third kappa shape index (κ3) is 6.95. The molecule has 0 aliphatic carbocycles. The molecule has 0 amide bonds. The molecule has 0 spiro atoms. The molecule has 2 nitrogen and oxygen atoms in total. The molecule has 0 heterocycles. The molecule has 0 aromatic carbocycles. The molecule has 0 saturated heterocycles. The average Bonchev–Trinajstić information content (AvgIpc) is 2.20. The van der Waals surface area contributed by atoms with Gasteiger partial charge in [0.15, 0.2) is 0 Å². The van der Waals surface area contributed by atoms with E-state index in [0.717, 1.165) is 5.71 Å². The van der Waals surface area contributed by atoms with Crippen molar-refractivity contribution in [2.45, 2.75) is 90.9 Å². The molecular weight excluding hydrogens is 259 g/mol. The van der Waals surface area contributed by atoms with Crippen molar-refractivity contribution in [1.29, 1.82) is 0 Å². The molecule has 0 aliphatic rings. The second kappa shape index (κ2) is 7.67. The van der Waals surface area contributed by atoms with Gasteiger partial charge >= 0.3 is 14.4 Å². The predicted octanol–water partition coefficient (Wildman–Crippen LogP) is 5.28. The summed E-state index contributed by atoms with van der Waals surface area (Å²) in [4.78, 5) is 4.75. The minimum Gasteiger partial charge on any atom is -0.462 e. The van der Waals surface area contributed by atoms with Crippen molar-refractivity contribution >= 4 is 20.1 Å². The van der Waals surface area contributed by atoms with Gasteiger partial charge in [-0.3, -0.25) is 4.99 Å². The van der Waals surface area contributed by atoms with Crippen LogP contribution < -0.4 is 0 Å². The lowest BCUT2D eigenvalue weighted by molar-refractivity contribution is 0.298. The van der Waals surface area contributed by atoms with Gasteiger partial charge in [-0.2, -0.15) is 0 Å². The summed E-state index contributed by atoms with van der Waals surface area (Å²) in [6, 6.07) is 0. The van der Waals surface area contributed by atoms with E-state index >= 15 is 0 Å². The molecule has 0 aromatic rings. The van der Waals surface area contributed by atoms with Gasteiger partial charge in [0, 0.05) is 11.3 Å². The monoisotopic (exact) mass is 294 g/mol. The normalized spacial score (nSPS) is 14.5. The molecule has 0 aromatic heterocycles. The summed E-state index contributed by atoms with van der Waals surface area (Å²) in [7, 11) is 0. The van der Waals surface area contributed by atoms with Crippen molar-refractivity contribution in [3.05, 3.63) is 11.8 Å². The fraction of sp³-hybridized carbons (Fsp3) is 0.824. The number of aliphatic imine (C=N–C) groups is 1. The third-order valence-electron chi connectivity index (χ3n) is 3.34. The van der Waals surface area contributed by atoms with Crippen LogP contribution in [0.3, 0.4) is 0 Å². The first-order chi connectivity index (χ1) is 8.92. The van der Waals surface area contributed by atoms with Crippen molar-refractivity contribution in [1.82, 2.24) is 3.88 Å². The standard InChI is InChI=1S/C13H25N2.2C2H5.Al/c1-10(14-12(3,4)5)9-11(2)15-13(6,7)8;2*1-2;/h9H,1-8H3;2*1H2,2H3;/q-1;;;+1/b10-9+,15-11?;;;. The number of allylic oxidation sites excluding steroid dienone is 2. The Labute approximate surface area is 132 Å². The van der Waals surface area contributed by atoms with Crippen molar-refractivity contribution in [2.24, 2.45) is 4.99 Å². The summed E-state index contributed by atoms with van der Waals surface area (Å²) in [5.41, 5.74) is 2.71. The molecule has 0 N–H and O–H groups in total. The van der Waals surface area contributed by atoms with Gasteiger partial charge in [-0.15, -0.1) is 0 Å². The Morgan fingerprint density at radius 1 is 1.00 bits per heavy atom. The summed E-state index contributed by atoms with van der Waals surface area (Å²) in [6.07, 6.45) is 2.27. The summed E-state index contributed by atoms with van der Waals surface area (Å²) < 4.78 is 2.69. The molecule has 0 rings (SSSR count). The molecule has 3 heteroatoms. The quantitative estimate of drug-likeness (QED) is 0.497. The Morgan fingerprint density at radius 3 is 1.75 bits per heavy atom. The van der Waals surface area contributed by atoms with E-state index in [2.05, 4.69) is 79.2 Å². The van der Waals surface area contributed by atoms with Crippen molar-refractivity contribution in [2.75, 3.05) is 0 Å². The first kappa shape index (κ1) is 19.7. The van der Waals surface area contributed by atoms with Crippen LogP contribution in [-0.2, 0) is 0 Å². The first-order valence-electron chi connectivity index (χ1n) is 7.96. The van der Waals surface area contributed by atoms with E-state index < -0.39 is 14.4 Å². The summed E-state index contributed by atoms with van der Waals surface area (Å²) in [5, 5.41) is 2.63. The SMILES string of the molecule is C[CH2][Al]([CH2]C)[N](/C(C)=C/C(C)=NC(C)(C)C)C(C)(C)C. The van der Waals surface area contributed by atoms with Crippen LogP contribution in [0.25, 0.3) is 0 Å². The fourth-order valence-electron chi connectivity index (χ4n) is 2.95. The molecule has 0 fully saturated rings. The Kier molecular flexibility index (Phi) is 7.57. The minimum absolute atomic E-state index is 0.000230. The van der Waals surface area contributed by atoms with Crippen LogP contribution in [0.5, 0.6) is 0 Å². The molecule has 0 radical (unpaired) electrons. The number of hydrogen-bond donors (Lipinski definition) is 0. The van der Waals surface area contributed by atoms with Gasteiger partial charge in [0.05, 0.1) is 5.54 Å². The van der Waals surface area contributed by atoms with E-state index in [0.29, 0.717) is 0 Å². The van der Waals surface area contributed by atoms with E-state index in [-0.39, 0.29) is 11.1 Å². The minimum atomic E-state index is -0.892. The largest absolute Gasteiger partial charge is 0.462 e.